The molecule has 0 fully saturated rings. The van der Waals surface area contributed by atoms with Gasteiger partial charge in [-0.25, -0.2) is 5.43 Å². The Balaban J connectivity index is 1.64. The molecule has 0 unspecified atom stereocenters. The first kappa shape index (κ1) is 20.9. The minimum absolute atomic E-state index is 0.297. The minimum atomic E-state index is -0.648. The van der Waals surface area contributed by atoms with E-state index in [1.54, 1.807) is 6.21 Å². The SMILES string of the molecule is CCOc1ccc(/C=N\NC(=O)[C@H](CC)Oc2ccc3ccccc3c2Br)cc1. The number of fused-ring (bicyclic) bond motifs is 1. The molecule has 0 aromatic heterocycles. The van der Waals surface area contributed by atoms with Crippen LogP contribution in [0.3, 0.4) is 0 Å². The van der Waals surface area contributed by atoms with Crippen molar-refractivity contribution in [2.24, 2.45) is 5.10 Å². The Labute approximate surface area is 178 Å². The van der Waals surface area contributed by atoms with Crippen molar-refractivity contribution in [3.05, 3.63) is 70.7 Å². The number of carbonyl (C=O) groups excluding carboxylic acids is 1. The molecule has 0 aliphatic carbocycles. The van der Waals surface area contributed by atoms with Gasteiger partial charge in [0, 0.05) is 0 Å². The summed E-state index contributed by atoms with van der Waals surface area (Å²) in [4.78, 5) is 12.5. The third kappa shape index (κ3) is 5.35. The molecule has 5 nitrogen and oxygen atoms in total. The van der Waals surface area contributed by atoms with Crippen LogP contribution in [0.5, 0.6) is 11.5 Å². The van der Waals surface area contributed by atoms with Crippen molar-refractivity contribution < 1.29 is 14.3 Å². The third-order valence-corrected chi connectivity index (χ3v) is 5.16. The maximum absolute atomic E-state index is 12.5. The molecule has 1 atom stereocenters. The summed E-state index contributed by atoms with van der Waals surface area (Å²) in [7, 11) is 0. The standard InChI is InChI=1S/C23H23BrN2O3/c1-3-20(29-21-14-11-17-7-5-6-8-19(17)22(21)24)23(27)26-25-15-16-9-12-18(13-10-16)28-4-2/h5-15,20H,3-4H2,1-2H3,(H,26,27)/b25-15-/t20-/m0/s1. The molecule has 0 saturated heterocycles. The van der Waals surface area contributed by atoms with Crippen molar-refractivity contribution in [3.63, 3.8) is 0 Å². The maximum Gasteiger partial charge on any atom is 0.281 e. The number of nitrogens with one attached hydrogen (secondary N) is 1. The highest BCUT2D eigenvalue weighted by molar-refractivity contribution is 9.10. The number of ether oxygens (including phenoxy) is 2. The summed E-state index contributed by atoms with van der Waals surface area (Å²) in [6.07, 6.45) is 1.46. The van der Waals surface area contributed by atoms with Crippen molar-refractivity contribution in [1.82, 2.24) is 5.43 Å². The van der Waals surface area contributed by atoms with E-state index in [-0.39, 0.29) is 5.91 Å². The van der Waals surface area contributed by atoms with E-state index in [1.165, 1.54) is 0 Å². The molecule has 1 N–H and O–H groups in total. The lowest BCUT2D eigenvalue weighted by Crippen LogP contribution is -2.35. The molecule has 0 radical (unpaired) electrons. The molecule has 3 aromatic carbocycles. The Morgan fingerprint density at radius 2 is 1.86 bits per heavy atom. The van der Waals surface area contributed by atoms with Gasteiger partial charge in [0.05, 0.1) is 17.3 Å². The van der Waals surface area contributed by atoms with E-state index >= 15 is 0 Å². The number of hydrogen-bond donors (Lipinski definition) is 1. The first-order chi connectivity index (χ1) is 14.1. The Hall–Kier alpha value is -2.86. The van der Waals surface area contributed by atoms with E-state index in [9.17, 15) is 4.79 Å². The van der Waals surface area contributed by atoms with Crippen LogP contribution in [0.15, 0.2) is 70.2 Å². The van der Waals surface area contributed by atoms with Gasteiger partial charge in [-0.15, -0.1) is 0 Å². The van der Waals surface area contributed by atoms with Crippen LogP contribution in [-0.2, 0) is 4.79 Å². The summed E-state index contributed by atoms with van der Waals surface area (Å²) < 4.78 is 12.2. The lowest BCUT2D eigenvalue weighted by Gasteiger charge is -2.17. The molecule has 6 heteroatoms. The number of benzene rings is 3. The summed E-state index contributed by atoms with van der Waals surface area (Å²) in [6.45, 7) is 4.46. The Kier molecular flexibility index (Phi) is 7.25. The highest BCUT2D eigenvalue weighted by atomic mass is 79.9. The van der Waals surface area contributed by atoms with Gasteiger partial charge in [-0.05, 0) is 75.9 Å². The van der Waals surface area contributed by atoms with Crippen molar-refractivity contribution in [2.75, 3.05) is 6.61 Å². The molecule has 0 spiro atoms. The average Bonchev–Trinajstić information content (AvgIpc) is 2.75. The highest BCUT2D eigenvalue weighted by Gasteiger charge is 2.19. The van der Waals surface area contributed by atoms with Crippen LogP contribution in [0.2, 0.25) is 0 Å². The van der Waals surface area contributed by atoms with E-state index in [2.05, 4.69) is 26.5 Å². The summed E-state index contributed by atoms with van der Waals surface area (Å²) >= 11 is 3.59. The van der Waals surface area contributed by atoms with Crippen LogP contribution < -0.4 is 14.9 Å². The fourth-order valence-electron chi connectivity index (χ4n) is 2.84. The highest BCUT2D eigenvalue weighted by Crippen LogP contribution is 2.33. The van der Waals surface area contributed by atoms with Crippen LogP contribution in [0.1, 0.15) is 25.8 Å². The van der Waals surface area contributed by atoms with Gasteiger partial charge in [-0.3, -0.25) is 4.79 Å². The third-order valence-electron chi connectivity index (χ3n) is 4.34. The van der Waals surface area contributed by atoms with E-state index in [0.717, 1.165) is 26.6 Å². The van der Waals surface area contributed by atoms with Gasteiger partial charge in [0.1, 0.15) is 11.5 Å². The quantitative estimate of drug-likeness (QED) is 0.370. The zero-order chi connectivity index (χ0) is 20.6. The second-order valence-corrected chi connectivity index (χ2v) is 7.14. The largest absolute Gasteiger partial charge is 0.494 e. The molecule has 1 amide bonds. The number of hydrazone groups is 1. The molecule has 0 bridgehead atoms. The second-order valence-electron chi connectivity index (χ2n) is 6.35. The van der Waals surface area contributed by atoms with Crippen LogP contribution in [0.25, 0.3) is 10.8 Å². The van der Waals surface area contributed by atoms with E-state index < -0.39 is 6.10 Å². The second kappa shape index (κ2) is 10.1. The summed E-state index contributed by atoms with van der Waals surface area (Å²) in [5.41, 5.74) is 3.42. The van der Waals surface area contributed by atoms with Gasteiger partial charge in [-0.1, -0.05) is 37.3 Å². The van der Waals surface area contributed by atoms with Crippen molar-refractivity contribution in [3.8, 4) is 11.5 Å². The van der Waals surface area contributed by atoms with Gasteiger partial charge in [-0.2, -0.15) is 5.10 Å². The summed E-state index contributed by atoms with van der Waals surface area (Å²) in [5, 5.41) is 6.18. The van der Waals surface area contributed by atoms with Crippen molar-refractivity contribution in [2.45, 2.75) is 26.4 Å². The molecule has 0 aliphatic heterocycles. The first-order valence-electron chi connectivity index (χ1n) is 9.52. The summed E-state index contributed by atoms with van der Waals surface area (Å²) in [6, 6.07) is 19.3. The Morgan fingerprint density at radius 1 is 1.10 bits per heavy atom. The lowest BCUT2D eigenvalue weighted by atomic mass is 10.1. The van der Waals surface area contributed by atoms with Crippen molar-refractivity contribution in [1.29, 1.82) is 0 Å². The molecular weight excluding hydrogens is 432 g/mol. The number of rotatable bonds is 8. The molecule has 3 rings (SSSR count). The molecule has 0 saturated carbocycles. The van der Waals surface area contributed by atoms with Gasteiger partial charge in [0.2, 0.25) is 0 Å². The van der Waals surface area contributed by atoms with E-state index in [0.29, 0.717) is 18.8 Å². The molecule has 3 aromatic rings. The van der Waals surface area contributed by atoms with Gasteiger partial charge in [0.15, 0.2) is 6.10 Å². The number of amides is 1. The number of hydrogen-bond acceptors (Lipinski definition) is 4. The lowest BCUT2D eigenvalue weighted by molar-refractivity contribution is -0.128. The number of halogens is 1. The van der Waals surface area contributed by atoms with Gasteiger partial charge in [0.25, 0.3) is 5.91 Å². The number of carbonyl (C=O) groups is 1. The normalized spacial score (nSPS) is 12.1. The topological polar surface area (TPSA) is 59.9 Å². The summed E-state index contributed by atoms with van der Waals surface area (Å²) in [5.74, 6) is 1.13. The molecular formula is C23H23BrN2O3. The van der Waals surface area contributed by atoms with Gasteiger partial charge < -0.3 is 9.47 Å². The van der Waals surface area contributed by atoms with Crippen LogP contribution in [-0.4, -0.2) is 24.8 Å². The van der Waals surface area contributed by atoms with Crippen LogP contribution >= 0.6 is 15.9 Å². The molecule has 0 aliphatic rings. The Morgan fingerprint density at radius 3 is 2.59 bits per heavy atom. The number of nitrogens with zero attached hydrogens (tertiary/aromatic N) is 1. The molecule has 150 valence electrons. The fourth-order valence-corrected chi connectivity index (χ4v) is 3.43. The molecule has 29 heavy (non-hydrogen) atoms. The van der Waals surface area contributed by atoms with Gasteiger partial charge >= 0.3 is 0 Å². The first-order valence-corrected chi connectivity index (χ1v) is 10.3. The van der Waals surface area contributed by atoms with Crippen LogP contribution in [0.4, 0.5) is 0 Å². The predicted octanol–water partition coefficient (Wildman–Crippen LogP) is 5.31. The Bertz CT molecular complexity index is 1000. The smallest absolute Gasteiger partial charge is 0.281 e. The van der Waals surface area contributed by atoms with Crippen molar-refractivity contribution >= 4 is 38.8 Å². The average molecular weight is 455 g/mol. The monoisotopic (exact) mass is 454 g/mol. The minimum Gasteiger partial charge on any atom is -0.494 e. The maximum atomic E-state index is 12.5. The zero-order valence-corrected chi connectivity index (χ0v) is 18.0. The molecule has 0 heterocycles. The zero-order valence-electron chi connectivity index (χ0n) is 16.4. The van der Waals surface area contributed by atoms with E-state index in [4.69, 9.17) is 9.47 Å². The van der Waals surface area contributed by atoms with Crippen LogP contribution in [0, 0.1) is 0 Å². The van der Waals surface area contributed by atoms with E-state index in [1.807, 2.05) is 74.5 Å². The fraction of sp³-hybridized carbons (Fsp3) is 0.217. The predicted molar refractivity (Wildman–Crippen MR) is 120 cm³/mol.